The van der Waals surface area contributed by atoms with E-state index in [2.05, 4.69) is 10.5 Å². The highest BCUT2D eigenvalue weighted by atomic mass is 16.6. The Balaban J connectivity index is 1.68. The first-order chi connectivity index (χ1) is 11.3. The molecule has 0 fully saturated rings. The second-order valence-corrected chi connectivity index (χ2v) is 4.80. The highest BCUT2D eigenvalue weighted by Crippen LogP contribution is 2.30. The van der Waals surface area contributed by atoms with Gasteiger partial charge in [-0.25, -0.2) is 5.43 Å². The van der Waals surface area contributed by atoms with Gasteiger partial charge in [-0.05, 0) is 30.3 Å². The van der Waals surface area contributed by atoms with Crippen molar-refractivity contribution in [1.29, 1.82) is 0 Å². The lowest BCUT2D eigenvalue weighted by Crippen LogP contribution is -2.19. The summed E-state index contributed by atoms with van der Waals surface area (Å²) < 4.78 is 16.1. The summed E-state index contributed by atoms with van der Waals surface area (Å²) in [6, 6.07) is 12.4. The number of benzene rings is 2. The van der Waals surface area contributed by atoms with Gasteiger partial charge >= 0.3 is 0 Å². The lowest BCUT2D eigenvalue weighted by Gasteiger charge is -2.18. The van der Waals surface area contributed by atoms with Crippen molar-refractivity contribution in [3.63, 3.8) is 0 Å². The molecule has 6 heteroatoms. The smallest absolute Gasteiger partial charge is 0.271 e. The maximum atomic E-state index is 12.1. The number of hydrazone groups is 1. The first-order valence-corrected chi connectivity index (χ1v) is 7.14. The Bertz CT molecular complexity index is 743. The van der Waals surface area contributed by atoms with Crippen LogP contribution in [0.5, 0.6) is 17.2 Å². The Morgan fingerprint density at radius 3 is 2.78 bits per heavy atom. The fraction of sp³-hybridized carbons (Fsp3) is 0.176. The number of amides is 1. The van der Waals surface area contributed by atoms with Crippen LogP contribution in [-0.2, 0) is 0 Å². The number of para-hydroxylation sites is 1. The van der Waals surface area contributed by atoms with Crippen LogP contribution in [0.2, 0.25) is 0 Å². The molecule has 0 atom stereocenters. The van der Waals surface area contributed by atoms with Crippen LogP contribution in [0.4, 0.5) is 0 Å². The third-order valence-electron chi connectivity index (χ3n) is 3.31. The van der Waals surface area contributed by atoms with Gasteiger partial charge in [-0.3, -0.25) is 4.79 Å². The standard InChI is InChI=1S/C17H16N2O4/c1-21-14-5-3-2-4-13(14)11-18-19-17(20)12-6-7-15-16(10-12)23-9-8-22-15/h2-7,10-11H,8-9H2,1H3,(H,19,20)/b18-11-. The highest BCUT2D eigenvalue weighted by molar-refractivity contribution is 5.95. The van der Waals surface area contributed by atoms with Gasteiger partial charge in [0.2, 0.25) is 0 Å². The molecule has 0 spiro atoms. The predicted molar refractivity (Wildman–Crippen MR) is 85.5 cm³/mol. The van der Waals surface area contributed by atoms with Crippen LogP contribution >= 0.6 is 0 Å². The van der Waals surface area contributed by atoms with E-state index in [1.165, 1.54) is 6.21 Å². The van der Waals surface area contributed by atoms with Gasteiger partial charge in [0.1, 0.15) is 19.0 Å². The second kappa shape index (κ2) is 6.83. The third-order valence-corrected chi connectivity index (χ3v) is 3.31. The molecule has 0 unspecified atom stereocenters. The summed E-state index contributed by atoms with van der Waals surface area (Å²) in [4.78, 5) is 12.1. The summed E-state index contributed by atoms with van der Waals surface area (Å²) in [6.45, 7) is 0.992. The van der Waals surface area contributed by atoms with Crippen LogP contribution in [-0.4, -0.2) is 32.4 Å². The van der Waals surface area contributed by atoms with Crippen molar-refractivity contribution < 1.29 is 19.0 Å². The molecule has 1 aliphatic heterocycles. The molecule has 1 aliphatic rings. The van der Waals surface area contributed by atoms with E-state index in [1.54, 1.807) is 25.3 Å². The lowest BCUT2D eigenvalue weighted by atomic mass is 10.2. The number of rotatable bonds is 4. The number of carbonyl (C=O) groups is 1. The largest absolute Gasteiger partial charge is 0.496 e. The molecule has 2 aromatic rings. The van der Waals surface area contributed by atoms with Crippen molar-refractivity contribution in [3.05, 3.63) is 53.6 Å². The molecule has 0 saturated carbocycles. The van der Waals surface area contributed by atoms with E-state index in [9.17, 15) is 4.79 Å². The summed E-state index contributed by atoms with van der Waals surface area (Å²) in [6.07, 6.45) is 1.54. The molecule has 0 aliphatic carbocycles. The van der Waals surface area contributed by atoms with Gasteiger partial charge in [0.25, 0.3) is 5.91 Å². The van der Waals surface area contributed by atoms with Gasteiger partial charge < -0.3 is 14.2 Å². The molecule has 23 heavy (non-hydrogen) atoms. The Kier molecular flexibility index (Phi) is 4.42. The Hall–Kier alpha value is -3.02. The third kappa shape index (κ3) is 3.42. The monoisotopic (exact) mass is 312 g/mol. The number of hydrogen-bond donors (Lipinski definition) is 1. The minimum absolute atomic E-state index is 0.326. The average molecular weight is 312 g/mol. The zero-order valence-electron chi connectivity index (χ0n) is 12.6. The maximum Gasteiger partial charge on any atom is 0.271 e. The van der Waals surface area contributed by atoms with Gasteiger partial charge in [0, 0.05) is 11.1 Å². The molecule has 1 N–H and O–H groups in total. The first kappa shape index (κ1) is 14.9. The van der Waals surface area contributed by atoms with Crippen LogP contribution in [0.3, 0.4) is 0 Å². The van der Waals surface area contributed by atoms with E-state index >= 15 is 0 Å². The van der Waals surface area contributed by atoms with Gasteiger partial charge in [0.15, 0.2) is 11.5 Å². The number of fused-ring (bicyclic) bond motifs is 1. The molecule has 1 heterocycles. The van der Waals surface area contributed by atoms with E-state index in [0.717, 1.165) is 5.56 Å². The van der Waals surface area contributed by atoms with E-state index in [-0.39, 0.29) is 5.91 Å². The quantitative estimate of drug-likeness (QED) is 0.694. The summed E-state index contributed by atoms with van der Waals surface area (Å²) in [5, 5.41) is 3.96. The molecular weight excluding hydrogens is 296 g/mol. The van der Waals surface area contributed by atoms with E-state index in [4.69, 9.17) is 14.2 Å². The number of nitrogens with zero attached hydrogens (tertiary/aromatic N) is 1. The second-order valence-electron chi connectivity index (χ2n) is 4.80. The number of hydrogen-bond acceptors (Lipinski definition) is 5. The fourth-order valence-electron chi connectivity index (χ4n) is 2.18. The molecule has 0 bridgehead atoms. The maximum absolute atomic E-state index is 12.1. The Labute approximate surface area is 133 Å². The van der Waals surface area contributed by atoms with Crippen molar-refractivity contribution in [3.8, 4) is 17.2 Å². The van der Waals surface area contributed by atoms with Crippen LogP contribution in [0.15, 0.2) is 47.6 Å². The van der Waals surface area contributed by atoms with Crippen LogP contribution < -0.4 is 19.6 Å². The number of carbonyl (C=O) groups excluding carboxylic acids is 1. The zero-order valence-corrected chi connectivity index (χ0v) is 12.6. The van der Waals surface area contributed by atoms with Crippen molar-refractivity contribution in [1.82, 2.24) is 5.43 Å². The summed E-state index contributed by atoms with van der Waals surface area (Å²) >= 11 is 0. The minimum Gasteiger partial charge on any atom is -0.496 e. The van der Waals surface area contributed by atoms with E-state index in [0.29, 0.717) is 36.0 Å². The van der Waals surface area contributed by atoms with Crippen molar-refractivity contribution >= 4 is 12.1 Å². The minimum atomic E-state index is -0.326. The fourth-order valence-corrected chi connectivity index (χ4v) is 2.18. The van der Waals surface area contributed by atoms with Crippen LogP contribution in [0, 0.1) is 0 Å². The summed E-state index contributed by atoms with van der Waals surface area (Å²) in [5.74, 6) is 1.57. The molecular formula is C17H16N2O4. The van der Waals surface area contributed by atoms with E-state index in [1.807, 2.05) is 24.3 Å². The SMILES string of the molecule is COc1ccccc1/C=N\NC(=O)c1ccc2c(c1)OCCO2. The summed E-state index contributed by atoms with van der Waals surface area (Å²) in [5.41, 5.74) is 3.71. The topological polar surface area (TPSA) is 69.2 Å². The Morgan fingerprint density at radius 1 is 1.17 bits per heavy atom. The molecule has 118 valence electrons. The Morgan fingerprint density at radius 2 is 1.96 bits per heavy atom. The average Bonchev–Trinajstić information content (AvgIpc) is 2.61. The van der Waals surface area contributed by atoms with Crippen molar-refractivity contribution in [2.24, 2.45) is 5.10 Å². The van der Waals surface area contributed by atoms with Gasteiger partial charge in [-0.1, -0.05) is 12.1 Å². The number of ether oxygens (including phenoxy) is 3. The molecule has 1 amide bonds. The normalized spacial score (nSPS) is 12.9. The van der Waals surface area contributed by atoms with Crippen LogP contribution in [0.25, 0.3) is 0 Å². The van der Waals surface area contributed by atoms with Gasteiger partial charge in [-0.15, -0.1) is 0 Å². The number of methoxy groups -OCH3 is 1. The summed E-state index contributed by atoms with van der Waals surface area (Å²) in [7, 11) is 1.58. The van der Waals surface area contributed by atoms with Crippen molar-refractivity contribution in [2.45, 2.75) is 0 Å². The first-order valence-electron chi connectivity index (χ1n) is 7.14. The van der Waals surface area contributed by atoms with Crippen molar-refractivity contribution in [2.75, 3.05) is 20.3 Å². The molecule has 0 aromatic heterocycles. The highest BCUT2D eigenvalue weighted by Gasteiger charge is 2.14. The van der Waals surface area contributed by atoms with Crippen LogP contribution in [0.1, 0.15) is 15.9 Å². The predicted octanol–water partition coefficient (Wildman–Crippen LogP) is 2.23. The van der Waals surface area contributed by atoms with Gasteiger partial charge in [-0.2, -0.15) is 5.10 Å². The molecule has 3 rings (SSSR count). The zero-order chi connectivity index (χ0) is 16.1. The molecule has 6 nitrogen and oxygen atoms in total. The molecule has 0 saturated heterocycles. The van der Waals surface area contributed by atoms with Gasteiger partial charge in [0.05, 0.1) is 13.3 Å². The molecule has 2 aromatic carbocycles. The molecule has 0 radical (unpaired) electrons. The lowest BCUT2D eigenvalue weighted by molar-refractivity contribution is 0.0954. The van der Waals surface area contributed by atoms with E-state index < -0.39 is 0 Å². The number of nitrogens with one attached hydrogen (secondary N) is 1.